The first-order valence-corrected chi connectivity index (χ1v) is 7.00. The fourth-order valence-electron chi connectivity index (χ4n) is 1.46. The van der Waals surface area contributed by atoms with Gasteiger partial charge in [-0.25, -0.2) is 0 Å². The van der Waals surface area contributed by atoms with Gasteiger partial charge in [-0.05, 0) is 25.3 Å². The van der Waals surface area contributed by atoms with Crippen LogP contribution in [0.15, 0.2) is 36.5 Å². The van der Waals surface area contributed by atoms with Gasteiger partial charge >= 0.3 is 5.97 Å². The maximum absolute atomic E-state index is 11.4. The summed E-state index contributed by atoms with van der Waals surface area (Å²) < 4.78 is 0. The Balaban J connectivity index is 3.70. The van der Waals surface area contributed by atoms with Gasteiger partial charge in [0.25, 0.3) is 0 Å². The number of hydrogen-bond acceptors (Lipinski definition) is 3. The topological polar surface area (TPSA) is 74.6 Å². The predicted octanol–water partition coefficient (Wildman–Crippen LogP) is 3.03. The minimum Gasteiger partial charge on any atom is -0.481 e. The van der Waals surface area contributed by atoms with Crippen LogP contribution in [0.4, 0.5) is 0 Å². The Morgan fingerprint density at radius 3 is 2.30 bits per heavy atom. The summed E-state index contributed by atoms with van der Waals surface area (Å²) in [7, 11) is 0. The first-order valence-electron chi connectivity index (χ1n) is 7.00. The molecular weight excluding hydrogens is 256 g/mol. The average molecular weight is 280 g/mol. The van der Waals surface area contributed by atoms with E-state index in [1.54, 1.807) is 30.4 Å². The number of carbonyl (C=O) groups is 2. The number of aliphatic carboxylic acids is 1. The zero-order valence-electron chi connectivity index (χ0n) is 12.0. The number of aliphatic hydroxyl groups excluding tert-OH is 1. The van der Waals surface area contributed by atoms with E-state index in [2.05, 4.69) is 0 Å². The van der Waals surface area contributed by atoms with E-state index in [4.69, 9.17) is 5.11 Å². The van der Waals surface area contributed by atoms with E-state index in [0.717, 1.165) is 12.8 Å². The second kappa shape index (κ2) is 12.4. The smallest absolute Gasteiger partial charge is 0.303 e. The van der Waals surface area contributed by atoms with E-state index in [1.807, 2.05) is 6.92 Å². The molecule has 112 valence electrons. The van der Waals surface area contributed by atoms with E-state index >= 15 is 0 Å². The monoisotopic (exact) mass is 280 g/mol. The number of hydrogen-bond donors (Lipinski definition) is 2. The summed E-state index contributed by atoms with van der Waals surface area (Å²) >= 11 is 0. The van der Waals surface area contributed by atoms with Crippen LogP contribution in [-0.4, -0.2) is 28.1 Å². The van der Waals surface area contributed by atoms with Crippen LogP contribution < -0.4 is 0 Å². The van der Waals surface area contributed by atoms with Crippen molar-refractivity contribution in [3.8, 4) is 0 Å². The van der Waals surface area contributed by atoms with Crippen molar-refractivity contribution in [2.45, 2.75) is 51.6 Å². The van der Waals surface area contributed by atoms with E-state index < -0.39 is 12.1 Å². The van der Waals surface area contributed by atoms with Crippen LogP contribution in [0.25, 0.3) is 0 Å². The Morgan fingerprint density at radius 2 is 1.65 bits per heavy atom. The van der Waals surface area contributed by atoms with Gasteiger partial charge in [0.15, 0.2) is 5.78 Å². The fraction of sp³-hybridized carbons (Fsp3) is 0.500. The van der Waals surface area contributed by atoms with Crippen molar-refractivity contribution < 1.29 is 19.8 Å². The molecule has 0 saturated heterocycles. The lowest BCUT2D eigenvalue weighted by Crippen LogP contribution is -1.97. The van der Waals surface area contributed by atoms with Crippen molar-refractivity contribution in [3.63, 3.8) is 0 Å². The summed E-state index contributed by atoms with van der Waals surface area (Å²) in [6.45, 7) is 1.90. The zero-order valence-corrected chi connectivity index (χ0v) is 12.0. The van der Waals surface area contributed by atoms with E-state index in [1.165, 1.54) is 6.08 Å². The molecule has 4 nitrogen and oxygen atoms in total. The molecule has 1 unspecified atom stereocenters. The Kier molecular flexibility index (Phi) is 11.3. The Bertz CT molecular complexity index is 367. The number of unbranched alkanes of at least 4 members (excludes halogenated alkanes) is 2. The molecule has 0 fully saturated rings. The SMILES string of the molecule is CCC(O)C=CC=CC=CC(=O)CCCCCC(=O)O. The quantitative estimate of drug-likeness (QED) is 0.346. The van der Waals surface area contributed by atoms with E-state index in [-0.39, 0.29) is 12.2 Å². The van der Waals surface area contributed by atoms with E-state index in [0.29, 0.717) is 19.3 Å². The molecule has 0 aliphatic heterocycles. The maximum atomic E-state index is 11.4. The average Bonchev–Trinajstić information content (AvgIpc) is 2.41. The molecule has 1 atom stereocenters. The molecular formula is C16H24O4. The summed E-state index contributed by atoms with van der Waals surface area (Å²) in [4.78, 5) is 21.7. The van der Waals surface area contributed by atoms with Gasteiger partial charge in [0.1, 0.15) is 0 Å². The third-order valence-electron chi connectivity index (χ3n) is 2.68. The van der Waals surface area contributed by atoms with Crippen molar-refractivity contribution in [2.75, 3.05) is 0 Å². The van der Waals surface area contributed by atoms with Crippen molar-refractivity contribution in [2.24, 2.45) is 0 Å². The lowest BCUT2D eigenvalue weighted by molar-refractivity contribution is -0.137. The highest BCUT2D eigenvalue weighted by Crippen LogP contribution is 2.04. The van der Waals surface area contributed by atoms with Gasteiger partial charge < -0.3 is 10.2 Å². The van der Waals surface area contributed by atoms with Gasteiger partial charge in [-0.3, -0.25) is 9.59 Å². The van der Waals surface area contributed by atoms with Crippen LogP contribution >= 0.6 is 0 Å². The van der Waals surface area contributed by atoms with Crippen LogP contribution in [-0.2, 0) is 9.59 Å². The summed E-state index contributed by atoms with van der Waals surface area (Å²) in [5.41, 5.74) is 0. The van der Waals surface area contributed by atoms with Crippen molar-refractivity contribution >= 4 is 11.8 Å². The maximum Gasteiger partial charge on any atom is 0.303 e. The molecule has 2 N–H and O–H groups in total. The zero-order chi connectivity index (χ0) is 15.2. The predicted molar refractivity (Wildman–Crippen MR) is 79.4 cm³/mol. The largest absolute Gasteiger partial charge is 0.481 e. The Labute approximate surface area is 120 Å². The fourth-order valence-corrected chi connectivity index (χ4v) is 1.46. The van der Waals surface area contributed by atoms with Gasteiger partial charge in [-0.15, -0.1) is 0 Å². The minimum atomic E-state index is -0.789. The molecule has 20 heavy (non-hydrogen) atoms. The van der Waals surface area contributed by atoms with Crippen LogP contribution in [0.1, 0.15) is 45.4 Å². The number of carboxylic acids is 1. The minimum absolute atomic E-state index is 0.0440. The highest BCUT2D eigenvalue weighted by atomic mass is 16.4. The summed E-state index contributed by atoms with van der Waals surface area (Å²) in [5, 5.41) is 17.7. The lowest BCUT2D eigenvalue weighted by atomic mass is 10.1. The summed E-state index contributed by atoms with van der Waals surface area (Å²) in [5.74, 6) is -0.745. The highest BCUT2D eigenvalue weighted by Gasteiger charge is 1.99. The van der Waals surface area contributed by atoms with Gasteiger partial charge in [-0.2, -0.15) is 0 Å². The van der Waals surface area contributed by atoms with Crippen molar-refractivity contribution in [1.82, 2.24) is 0 Å². The highest BCUT2D eigenvalue weighted by molar-refractivity contribution is 5.89. The third kappa shape index (κ3) is 12.8. The lowest BCUT2D eigenvalue weighted by Gasteiger charge is -1.96. The first kappa shape index (κ1) is 18.3. The number of rotatable bonds is 11. The second-order valence-corrected chi connectivity index (χ2v) is 4.53. The number of carbonyl (C=O) groups excluding carboxylic acids is 1. The molecule has 0 spiro atoms. The van der Waals surface area contributed by atoms with E-state index in [9.17, 15) is 14.7 Å². The summed E-state index contributed by atoms with van der Waals surface area (Å²) in [6, 6.07) is 0. The standard InChI is InChI=1S/C16H24O4/c1-2-14(17)10-6-3-4-7-11-15(18)12-8-5-9-13-16(19)20/h3-4,6-7,10-11,14,17H,2,5,8-9,12-13H2,1H3,(H,19,20). The van der Waals surface area contributed by atoms with Crippen LogP contribution in [0.5, 0.6) is 0 Å². The summed E-state index contributed by atoms with van der Waals surface area (Å²) in [6.07, 6.45) is 13.1. The van der Waals surface area contributed by atoms with Crippen LogP contribution in [0.2, 0.25) is 0 Å². The number of ketones is 1. The number of aliphatic hydroxyl groups is 1. The number of allylic oxidation sites excluding steroid dienone is 5. The Hall–Kier alpha value is -1.68. The molecule has 0 rings (SSSR count). The van der Waals surface area contributed by atoms with Crippen molar-refractivity contribution in [1.29, 1.82) is 0 Å². The van der Waals surface area contributed by atoms with Crippen molar-refractivity contribution in [3.05, 3.63) is 36.5 Å². The number of carboxylic acid groups (broad SMARTS) is 1. The van der Waals surface area contributed by atoms with Crippen LogP contribution in [0, 0.1) is 0 Å². The molecule has 0 aromatic rings. The molecule has 0 aromatic carbocycles. The molecule has 0 aromatic heterocycles. The molecule has 0 amide bonds. The second-order valence-electron chi connectivity index (χ2n) is 4.53. The molecule has 0 saturated carbocycles. The van der Waals surface area contributed by atoms with Crippen LogP contribution in [0.3, 0.4) is 0 Å². The van der Waals surface area contributed by atoms with Gasteiger partial charge in [0, 0.05) is 12.8 Å². The Morgan fingerprint density at radius 1 is 1.00 bits per heavy atom. The molecule has 4 heteroatoms. The molecule has 0 aliphatic carbocycles. The van der Waals surface area contributed by atoms with Gasteiger partial charge in [-0.1, -0.05) is 43.7 Å². The first-order chi connectivity index (χ1) is 9.56. The van der Waals surface area contributed by atoms with Gasteiger partial charge in [0.05, 0.1) is 6.10 Å². The molecule has 0 bridgehead atoms. The molecule has 0 heterocycles. The normalized spacial score (nSPS) is 13.5. The third-order valence-corrected chi connectivity index (χ3v) is 2.68. The molecule has 0 radical (unpaired) electrons. The molecule has 0 aliphatic rings. The van der Waals surface area contributed by atoms with Gasteiger partial charge in [0.2, 0.25) is 0 Å².